The average molecular weight is 277 g/mol. The van der Waals surface area contributed by atoms with Crippen molar-refractivity contribution >= 4 is 0 Å². The van der Waals surface area contributed by atoms with Crippen molar-refractivity contribution < 1.29 is 9.47 Å². The first kappa shape index (κ1) is 15.2. The summed E-state index contributed by atoms with van der Waals surface area (Å²) in [5, 5.41) is 0. The van der Waals surface area contributed by atoms with Crippen LogP contribution in [0.2, 0.25) is 0 Å². The summed E-state index contributed by atoms with van der Waals surface area (Å²) in [6.07, 6.45) is 7.40. The fourth-order valence-corrected chi connectivity index (χ4v) is 3.03. The second-order valence-electron chi connectivity index (χ2n) is 5.70. The van der Waals surface area contributed by atoms with Crippen molar-refractivity contribution in [3.05, 3.63) is 23.8 Å². The quantitative estimate of drug-likeness (QED) is 0.865. The SMILES string of the molecule is CCC1CCCC(Oc2cc(CCN)ccc2OC)C1. The highest BCUT2D eigenvalue weighted by atomic mass is 16.5. The molecule has 1 aliphatic carbocycles. The third-order valence-electron chi connectivity index (χ3n) is 4.27. The number of hydrogen-bond donors (Lipinski definition) is 1. The Labute approximate surface area is 122 Å². The second-order valence-corrected chi connectivity index (χ2v) is 5.70. The van der Waals surface area contributed by atoms with E-state index >= 15 is 0 Å². The number of nitrogens with two attached hydrogens (primary N) is 1. The van der Waals surface area contributed by atoms with Crippen molar-refractivity contribution in [1.82, 2.24) is 0 Å². The molecule has 0 radical (unpaired) electrons. The van der Waals surface area contributed by atoms with Gasteiger partial charge in [-0.05, 0) is 55.8 Å². The molecule has 3 nitrogen and oxygen atoms in total. The van der Waals surface area contributed by atoms with Gasteiger partial charge in [-0.3, -0.25) is 0 Å². The molecule has 0 bridgehead atoms. The first-order chi connectivity index (χ1) is 9.76. The highest BCUT2D eigenvalue weighted by molar-refractivity contribution is 5.43. The molecule has 2 unspecified atom stereocenters. The normalized spacial score (nSPS) is 22.6. The summed E-state index contributed by atoms with van der Waals surface area (Å²) in [4.78, 5) is 0. The smallest absolute Gasteiger partial charge is 0.161 e. The van der Waals surface area contributed by atoms with Crippen molar-refractivity contribution in [2.75, 3.05) is 13.7 Å². The van der Waals surface area contributed by atoms with Crippen LogP contribution < -0.4 is 15.2 Å². The van der Waals surface area contributed by atoms with Crippen LogP contribution in [-0.2, 0) is 6.42 Å². The van der Waals surface area contributed by atoms with Crippen LogP contribution in [-0.4, -0.2) is 19.8 Å². The summed E-state index contributed by atoms with van der Waals surface area (Å²) in [7, 11) is 1.69. The molecule has 112 valence electrons. The Morgan fingerprint density at radius 3 is 2.80 bits per heavy atom. The maximum Gasteiger partial charge on any atom is 0.161 e. The van der Waals surface area contributed by atoms with Crippen molar-refractivity contribution in [1.29, 1.82) is 0 Å². The Morgan fingerprint density at radius 2 is 2.10 bits per heavy atom. The average Bonchev–Trinajstić information content (AvgIpc) is 2.48. The van der Waals surface area contributed by atoms with Gasteiger partial charge in [-0.15, -0.1) is 0 Å². The maximum atomic E-state index is 6.23. The van der Waals surface area contributed by atoms with E-state index in [9.17, 15) is 0 Å². The zero-order chi connectivity index (χ0) is 14.4. The fraction of sp³-hybridized carbons (Fsp3) is 0.647. The van der Waals surface area contributed by atoms with Gasteiger partial charge in [0, 0.05) is 0 Å². The maximum absolute atomic E-state index is 6.23. The van der Waals surface area contributed by atoms with Crippen LogP contribution >= 0.6 is 0 Å². The molecule has 1 aliphatic rings. The molecule has 3 heteroatoms. The molecule has 0 spiro atoms. The standard InChI is InChI=1S/C17H27NO2/c1-3-13-5-4-6-15(11-13)20-17-12-14(9-10-18)7-8-16(17)19-2/h7-8,12-13,15H,3-6,9-11,18H2,1-2H3. The second kappa shape index (κ2) is 7.53. The first-order valence-corrected chi connectivity index (χ1v) is 7.80. The van der Waals surface area contributed by atoms with Gasteiger partial charge in [0.25, 0.3) is 0 Å². The summed E-state index contributed by atoms with van der Waals surface area (Å²) >= 11 is 0. The van der Waals surface area contributed by atoms with E-state index in [1.54, 1.807) is 7.11 Å². The van der Waals surface area contributed by atoms with Gasteiger partial charge in [-0.1, -0.05) is 25.8 Å². The summed E-state index contributed by atoms with van der Waals surface area (Å²) in [6.45, 7) is 2.93. The van der Waals surface area contributed by atoms with Crippen LogP contribution in [0.4, 0.5) is 0 Å². The van der Waals surface area contributed by atoms with E-state index in [1.807, 2.05) is 6.07 Å². The zero-order valence-corrected chi connectivity index (χ0v) is 12.7. The lowest BCUT2D eigenvalue weighted by Gasteiger charge is -2.29. The minimum absolute atomic E-state index is 0.329. The van der Waals surface area contributed by atoms with E-state index in [0.29, 0.717) is 12.6 Å². The topological polar surface area (TPSA) is 44.5 Å². The summed E-state index contributed by atoms with van der Waals surface area (Å²) in [5.41, 5.74) is 6.84. The summed E-state index contributed by atoms with van der Waals surface area (Å²) < 4.78 is 11.6. The van der Waals surface area contributed by atoms with E-state index in [4.69, 9.17) is 15.2 Å². The molecule has 1 fully saturated rings. The van der Waals surface area contributed by atoms with Gasteiger partial charge in [-0.25, -0.2) is 0 Å². The van der Waals surface area contributed by atoms with Crippen molar-refractivity contribution in [2.45, 2.75) is 51.6 Å². The van der Waals surface area contributed by atoms with Gasteiger partial charge in [-0.2, -0.15) is 0 Å². The Balaban J connectivity index is 2.08. The number of ether oxygens (including phenoxy) is 2. The third-order valence-corrected chi connectivity index (χ3v) is 4.27. The fourth-order valence-electron chi connectivity index (χ4n) is 3.03. The predicted octanol–water partition coefficient (Wildman–Crippen LogP) is 3.54. The minimum atomic E-state index is 0.329. The predicted molar refractivity (Wildman–Crippen MR) is 82.4 cm³/mol. The molecule has 2 rings (SSSR count). The van der Waals surface area contributed by atoms with Gasteiger partial charge in [0.05, 0.1) is 13.2 Å². The highest BCUT2D eigenvalue weighted by Gasteiger charge is 2.23. The van der Waals surface area contributed by atoms with Crippen molar-refractivity contribution in [2.24, 2.45) is 11.7 Å². The minimum Gasteiger partial charge on any atom is -0.493 e. The lowest BCUT2D eigenvalue weighted by atomic mass is 9.85. The molecule has 0 aliphatic heterocycles. The van der Waals surface area contributed by atoms with E-state index in [-0.39, 0.29) is 0 Å². The molecule has 2 N–H and O–H groups in total. The Morgan fingerprint density at radius 1 is 1.25 bits per heavy atom. The molecule has 2 atom stereocenters. The molecule has 1 saturated carbocycles. The van der Waals surface area contributed by atoms with Crippen LogP contribution in [0.1, 0.15) is 44.6 Å². The lowest BCUT2D eigenvalue weighted by Crippen LogP contribution is -2.25. The number of rotatable bonds is 6. The number of benzene rings is 1. The zero-order valence-electron chi connectivity index (χ0n) is 12.7. The molecule has 0 heterocycles. The van der Waals surface area contributed by atoms with Gasteiger partial charge in [0.2, 0.25) is 0 Å². The van der Waals surface area contributed by atoms with E-state index in [2.05, 4.69) is 19.1 Å². The monoisotopic (exact) mass is 277 g/mol. The van der Waals surface area contributed by atoms with E-state index < -0.39 is 0 Å². The van der Waals surface area contributed by atoms with E-state index in [1.165, 1.54) is 31.2 Å². The van der Waals surface area contributed by atoms with Crippen LogP contribution in [0.3, 0.4) is 0 Å². The Hall–Kier alpha value is -1.22. The Kier molecular flexibility index (Phi) is 5.72. The lowest BCUT2D eigenvalue weighted by molar-refractivity contribution is 0.118. The van der Waals surface area contributed by atoms with E-state index in [0.717, 1.165) is 30.3 Å². The first-order valence-electron chi connectivity index (χ1n) is 7.80. The van der Waals surface area contributed by atoms with Gasteiger partial charge in [0.15, 0.2) is 11.5 Å². The molecule has 1 aromatic rings. The summed E-state index contributed by atoms with van der Waals surface area (Å²) in [6, 6.07) is 6.13. The molecule has 0 amide bonds. The molecule has 20 heavy (non-hydrogen) atoms. The largest absolute Gasteiger partial charge is 0.493 e. The molecule has 1 aromatic carbocycles. The van der Waals surface area contributed by atoms with Gasteiger partial charge >= 0.3 is 0 Å². The molecular weight excluding hydrogens is 250 g/mol. The van der Waals surface area contributed by atoms with Crippen LogP contribution in [0.25, 0.3) is 0 Å². The van der Waals surface area contributed by atoms with Crippen LogP contribution in [0.15, 0.2) is 18.2 Å². The molecule has 0 saturated heterocycles. The molecule has 0 aromatic heterocycles. The van der Waals surface area contributed by atoms with Gasteiger partial charge in [0.1, 0.15) is 0 Å². The summed E-state index contributed by atoms with van der Waals surface area (Å²) in [5.74, 6) is 2.51. The highest BCUT2D eigenvalue weighted by Crippen LogP contribution is 2.34. The van der Waals surface area contributed by atoms with Crippen molar-refractivity contribution in [3.63, 3.8) is 0 Å². The van der Waals surface area contributed by atoms with Crippen LogP contribution in [0, 0.1) is 5.92 Å². The molecular formula is C17H27NO2. The van der Waals surface area contributed by atoms with Gasteiger partial charge < -0.3 is 15.2 Å². The van der Waals surface area contributed by atoms with Crippen molar-refractivity contribution in [3.8, 4) is 11.5 Å². The number of hydrogen-bond acceptors (Lipinski definition) is 3. The van der Waals surface area contributed by atoms with Crippen LogP contribution in [0.5, 0.6) is 11.5 Å². The Bertz CT molecular complexity index is 419. The third kappa shape index (κ3) is 3.89. The number of methoxy groups -OCH3 is 1.